The van der Waals surface area contributed by atoms with Crippen LogP contribution >= 0.6 is 0 Å². The molecule has 1 saturated carbocycles. The number of nitrogens with one attached hydrogen (secondary N) is 1. The van der Waals surface area contributed by atoms with Crippen molar-refractivity contribution in [2.75, 3.05) is 13.1 Å². The summed E-state index contributed by atoms with van der Waals surface area (Å²) in [6.45, 7) is 6.55. The number of aromatic nitrogens is 2. The van der Waals surface area contributed by atoms with E-state index in [1.165, 1.54) is 43.7 Å². The third-order valence-corrected chi connectivity index (χ3v) is 4.88. The molecular formula is C17H24N4. The van der Waals surface area contributed by atoms with E-state index in [2.05, 4.69) is 46.0 Å². The topological polar surface area (TPSA) is 33.1 Å². The van der Waals surface area contributed by atoms with Gasteiger partial charge in [0.2, 0.25) is 0 Å². The molecule has 1 aliphatic carbocycles. The summed E-state index contributed by atoms with van der Waals surface area (Å²) in [7, 11) is 0. The van der Waals surface area contributed by atoms with Gasteiger partial charge in [0.1, 0.15) is 5.82 Å². The molecular weight excluding hydrogens is 260 g/mol. The SMILES string of the molecule is CCn1c(CNC2CCN(C3CC3)C2)nc2ccccc21. The van der Waals surface area contributed by atoms with Gasteiger partial charge in [0, 0.05) is 31.7 Å². The highest BCUT2D eigenvalue weighted by Crippen LogP contribution is 2.29. The summed E-state index contributed by atoms with van der Waals surface area (Å²) in [5.74, 6) is 1.17. The minimum absolute atomic E-state index is 0.635. The highest BCUT2D eigenvalue weighted by molar-refractivity contribution is 5.75. The Bertz CT molecular complexity index is 629. The van der Waals surface area contributed by atoms with Crippen molar-refractivity contribution in [1.29, 1.82) is 0 Å². The first-order chi connectivity index (χ1) is 10.3. The predicted octanol–water partition coefficient (Wildman–Crippen LogP) is 2.38. The summed E-state index contributed by atoms with van der Waals surface area (Å²) in [5, 5.41) is 3.72. The van der Waals surface area contributed by atoms with Crippen molar-refractivity contribution in [3.05, 3.63) is 30.1 Å². The first kappa shape index (κ1) is 13.3. The van der Waals surface area contributed by atoms with Gasteiger partial charge in [0.25, 0.3) is 0 Å². The molecule has 2 fully saturated rings. The third-order valence-electron chi connectivity index (χ3n) is 4.88. The van der Waals surface area contributed by atoms with Crippen LogP contribution in [0.25, 0.3) is 11.0 Å². The highest BCUT2D eigenvalue weighted by atomic mass is 15.2. The number of aryl methyl sites for hydroxylation is 1. The molecule has 1 N–H and O–H groups in total. The number of nitrogens with zero attached hydrogens (tertiary/aromatic N) is 3. The van der Waals surface area contributed by atoms with Gasteiger partial charge >= 0.3 is 0 Å². The first-order valence-electron chi connectivity index (χ1n) is 8.26. The van der Waals surface area contributed by atoms with Crippen LogP contribution in [0.3, 0.4) is 0 Å². The van der Waals surface area contributed by atoms with Crippen LogP contribution < -0.4 is 5.32 Å². The van der Waals surface area contributed by atoms with E-state index in [-0.39, 0.29) is 0 Å². The zero-order valence-electron chi connectivity index (χ0n) is 12.8. The molecule has 1 saturated heterocycles. The summed E-state index contributed by atoms with van der Waals surface area (Å²) < 4.78 is 2.33. The fraction of sp³-hybridized carbons (Fsp3) is 0.588. The average Bonchev–Trinajstić information content (AvgIpc) is 3.14. The largest absolute Gasteiger partial charge is 0.327 e. The second-order valence-corrected chi connectivity index (χ2v) is 6.35. The lowest BCUT2D eigenvalue weighted by Gasteiger charge is -2.16. The summed E-state index contributed by atoms with van der Waals surface area (Å²) >= 11 is 0. The molecule has 1 atom stereocenters. The highest BCUT2D eigenvalue weighted by Gasteiger charge is 2.34. The molecule has 4 rings (SSSR count). The van der Waals surface area contributed by atoms with Gasteiger partial charge in [0.15, 0.2) is 0 Å². The zero-order valence-corrected chi connectivity index (χ0v) is 12.8. The van der Waals surface area contributed by atoms with Crippen molar-refractivity contribution in [3.8, 4) is 0 Å². The Morgan fingerprint density at radius 1 is 1.24 bits per heavy atom. The van der Waals surface area contributed by atoms with Crippen molar-refractivity contribution in [2.45, 2.75) is 51.4 Å². The summed E-state index contributed by atoms with van der Waals surface area (Å²) in [5.41, 5.74) is 2.37. The van der Waals surface area contributed by atoms with Crippen molar-refractivity contribution in [2.24, 2.45) is 0 Å². The second kappa shape index (κ2) is 5.43. The molecule has 0 radical (unpaired) electrons. The normalized spacial score (nSPS) is 23.2. The molecule has 4 heteroatoms. The van der Waals surface area contributed by atoms with Crippen molar-refractivity contribution >= 4 is 11.0 Å². The monoisotopic (exact) mass is 284 g/mol. The number of fused-ring (bicyclic) bond motifs is 1. The number of imidazole rings is 1. The number of hydrogen-bond donors (Lipinski definition) is 1. The van der Waals surface area contributed by atoms with Crippen molar-refractivity contribution in [3.63, 3.8) is 0 Å². The maximum atomic E-state index is 4.80. The molecule has 2 aromatic rings. The molecule has 112 valence electrons. The minimum atomic E-state index is 0.635. The van der Waals surface area contributed by atoms with Crippen LogP contribution in [0.4, 0.5) is 0 Å². The summed E-state index contributed by atoms with van der Waals surface area (Å²) in [4.78, 5) is 7.45. The lowest BCUT2D eigenvalue weighted by molar-refractivity contribution is 0.317. The Kier molecular flexibility index (Phi) is 3.43. The molecule has 1 unspecified atom stereocenters. The molecule has 1 aromatic carbocycles. The van der Waals surface area contributed by atoms with Crippen LogP contribution in [0, 0.1) is 0 Å². The van der Waals surface area contributed by atoms with Gasteiger partial charge in [-0.25, -0.2) is 4.98 Å². The Morgan fingerprint density at radius 3 is 2.90 bits per heavy atom. The fourth-order valence-electron chi connectivity index (χ4n) is 3.57. The summed E-state index contributed by atoms with van der Waals surface area (Å²) in [6, 6.07) is 9.97. The number of benzene rings is 1. The Hall–Kier alpha value is -1.39. The molecule has 2 aliphatic rings. The molecule has 0 spiro atoms. The first-order valence-corrected chi connectivity index (χ1v) is 8.26. The Labute approximate surface area is 126 Å². The van der Waals surface area contributed by atoms with E-state index >= 15 is 0 Å². The molecule has 21 heavy (non-hydrogen) atoms. The number of para-hydroxylation sites is 2. The lowest BCUT2D eigenvalue weighted by atomic mass is 10.2. The van der Waals surface area contributed by atoms with Gasteiger partial charge in [-0.05, 0) is 38.3 Å². The van der Waals surface area contributed by atoms with Gasteiger partial charge in [-0.2, -0.15) is 0 Å². The van der Waals surface area contributed by atoms with Gasteiger partial charge < -0.3 is 9.88 Å². The molecule has 2 heterocycles. The minimum Gasteiger partial charge on any atom is -0.327 e. The number of likely N-dealkylation sites (tertiary alicyclic amines) is 1. The standard InChI is InChI=1S/C17H24N4/c1-2-21-16-6-4-3-5-15(16)19-17(21)11-18-13-9-10-20(12-13)14-7-8-14/h3-6,13-14,18H,2,7-12H2,1H3. The molecule has 0 bridgehead atoms. The molecule has 4 nitrogen and oxygen atoms in total. The quantitative estimate of drug-likeness (QED) is 0.915. The van der Waals surface area contributed by atoms with Crippen molar-refractivity contribution < 1.29 is 0 Å². The van der Waals surface area contributed by atoms with Crippen molar-refractivity contribution in [1.82, 2.24) is 19.8 Å². The zero-order chi connectivity index (χ0) is 14.2. The van der Waals surface area contributed by atoms with E-state index in [4.69, 9.17) is 4.98 Å². The van der Waals surface area contributed by atoms with Crippen LogP contribution in [0.1, 0.15) is 32.0 Å². The van der Waals surface area contributed by atoms with Crippen LogP contribution in [0.5, 0.6) is 0 Å². The number of hydrogen-bond acceptors (Lipinski definition) is 3. The van der Waals surface area contributed by atoms with Crippen LogP contribution in [0.15, 0.2) is 24.3 Å². The van der Waals surface area contributed by atoms with E-state index in [0.29, 0.717) is 6.04 Å². The van der Waals surface area contributed by atoms with Crippen LogP contribution in [-0.4, -0.2) is 39.6 Å². The van der Waals surface area contributed by atoms with E-state index in [9.17, 15) is 0 Å². The Morgan fingerprint density at radius 2 is 2.10 bits per heavy atom. The second-order valence-electron chi connectivity index (χ2n) is 6.35. The van der Waals surface area contributed by atoms with Gasteiger partial charge in [-0.15, -0.1) is 0 Å². The fourth-order valence-corrected chi connectivity index (χ4v) is 3.57. The smallest absolute Gasteiger partial charge is 0.123 e. The van der Waals surface area contributed by atoms with Gasteiger partial charge in [0.05, 0.1) is 17.6 Å². The lowest BCUT2D eigenvalue weighted by Crippen LogP contribution is -2.33. The van der Waals surface area contributed by atoms with E-state index in [1.54, 1.807) is 0 Å². The maximum Gasteiger partial charge on any atom is 0.123 e. The number of rotatable bonds is 5. The van der Waals surface area contributed by atoms with E-state index in [1.807, 2.05) is 0 Å². The predicted molar refractivity (Wildman–Crippen MR) is 85.2 cm³/mol. The van der Waals surface area contributed by atoms with Gasteiger partial charge in [-0.3, -0.25) is 4.90 Å². The molecule has 0 amide bonds. The Balaban J connectivity index is 1.44. The summed E-state index contributed by atoms with van der Waals surface area (Å²) in [6.07, 6.45) is 4.11. The van der Waals surface area contributed by atoms with E-state index in [0.717, 1.165) is 24.6 Å². The molecule has 1 aliphatic heterocycles. The van der Waals surface area contributed by atoms with E-state index < -0.39 is 0 Å². The van der Waals surface area contributed by atoms with Gasteiger partial charge in [-0.1, -0.05) is 12.1 Å². The van der Waals surface area contributed by atoms with Crippen LogP contribution in [-0.2, 0) is 13.1 Å². The average molecular weight is 284 g/mol. The molecule has 1 aromatic heterocycles. The maximum absolute atomic E-state index is 4.80. The van der Waals surface area contributed by atoms with Crippen LogP contribution in [0.2, 0.25) is 0 Å². The third kappa shape index (κ3) is 2.58.